The minimum Gasteiger partial charge on any atom is -0.467 e. The summed E-state index contributed by atoms with van der Waals surface area (Å²) < 4.78 is 45.1. The van der Waals surface area contributed by atoms with Crippen LogP contribution in [0.2, 0.25) is 0 Å². The van der Waals surface area contributed by atoms with Crippen molar-refractivity contribution in [2.45, 2.75) is 18.6 Å². The number of Topliss-reactive ketones (excluding diaryl/α,β-unsaturated/α-hetero) is 1. The molecule has 0 N–H and O–H groups in total. The van der Waals surface area contributed by atoms with E-state index in [4.69, 9.17) is 0 Å². The van der Waals surface area contributed by atoms with Crippen molar-refractivity contribution in [3.63, 3.8) is 0 Å². The standard InChI is InChI=1S/C19H18F3NO3/c1-5-12-18(17(25)26-4,19(20,21)22)23(3)13-8-11-16(24)15-10-7-6-9-14(15)2/h6-7,9-10,12H,1,13H2,2-4H3. The summed E-state index contributed by atoms with van der Waals surface area (Å²) in [5, 5.41) is 0. The van der Waals surface area contributed by atoms with Gasteiger partial charge in [0.15, 0.2) is 0 Å². The maximum Gasteiger partial charge on any atom is 0.421 e. The molecule has 0 bridgehead atoms. The van der Waals surface area contributed by atoms with Crippen LogP contribution in [0.5, 0.6) is 0 Å². The highest BCUT2D eigenvalue weighted by Gasteiger charge is 2.62. The molecule has 1 unspecified atom stereocenters. The quantitative estimate of drug-likeness (QED) is 0.265. The molecule has 0 radical (unpaired) electrons. The third kappa shape index (κ3) is 4.23. The zero-order valence-corrected chi connectivity index (χ0v) is 14.6. The Bertz CT molecular complexity index is 798. The maximum atomic E-state index is 13.6. The highest BCUT2D eigenvalue weighted by molar-refractivity contribution is 6.09. The number of aryl methyl sites for hydroxylation is 1. The van der Waals surface area contributed by atoms with E-state index in [1.165, 1.54) is 0 Å². The lowest BCUT2D eigenvalue weighted by molar-refractivity contribution is -0.221. The lowest BCUT2D eigenvalue weighted by atomic mass is 9.96. The average molecular weight is 365 g/mol. The minimum absolute atomic E-state index is 0.365. The van der Waals surface area contributed by atoms with Gasteiger partial charge in [-0.15, -0.1) is 5.73 Å². The van der Waals surface area contributed by atoms with Gasteiger partial charge in [-0.05, 0) is 31.5 Å². The van der Waals surface area contributed by atoms with E-state index < -0.39 is 30.0 Å². The molecular weight excluding hydrogens is 347 g/mol. The van der Waals surface area contributed by atoms with E-state index in [-0.39, 0.29) is 0 Å². The number of nitrogens with zero attached hydrogens (tertiary/aromatic N) is 1. The summed E-state index contributed by atoms with van der Waals surface area (Å²) in [4.78, 5) is 24.6. The van der Waals surface area contributed by atoms with Crippen molar-refractivity contribution in [2.75, 3.05) is 20.7 Å². The van der Waals surface area contributed by atoms with Gasteiger partial charge in [-0.3, -0.25) is 9.69 Å². The molecule has 1 aromatic carbocycles. The Morgan fingerprint density at radius 1 is 1.31 bits per heavy atom. The first kappa shape index (κ1) is 21.2. The van der Waals surface area contributed by atoms with Crippen LogP contribution in [0.1, 0.15) is 15.9 Å². The van der Waals surface area contributed by atoms with E-state index in [2.05, 4.69) is 23.2 Å². The number of ether oxygens (including phenoxy) is 1. The summed E-state index contributed by atoms with van der Waals surface area (Å²) >= 11 is 0. The second kappa shape index (κ2) is 8.52. The summed E-state index contributed by atoms with van der Waals surface area (Å²) in [6.07, 6.45) is -4.52. The summed E-state index contributed by atoms with van der Waals surface area (Å²) in [6.45, 7) is 4.33. The van der Waals surface area contributed by atoms with Gasteiger partial charge >= 0.3 is 12.1 Å². The average Bonchev–Trinajstić information content (AvgIpc) is 2.57. The zero-order chi connectivity index (χ0) is 20.0. The number of carbonyl (C=O) groups is 2. The van der Waals surface area contributed by atoms with Gasteiger partial charge in [0.2, 0.25) is 11.3 Å². The molecule has 0 aliphatic heterocycles. The molecule has 0 fully saturated rings. The highest BCUT2D eigenvalue weighted by Crippen LogP contribution is 2.37. The number of carbonyl (C=O) groups excluding carboxylic acids is 2. The predicted molar refractivity (Wildman–Crippen MR) is 90.4 cm³/mol. The number of hydrogen-bond acceptors (Lipinski definition) is 4. The van der Waals surface area contributed by atoms with Crippen LogP contribution in [-0.4, -0.2) is 49.1 Å². The summed E-state index contributed by atoms with van der Waals surface area (Å²) in [6, 6.07) is 6.71. The molecule has 7 heteroatoms. The van der Waals surface area contributed by atoms with Crippen molar-refractivity contribution in [1.82, 2.24) is 4.90 Å². The van der Waals surface area contributed by atoms with Gasteiger partial charge in [0, 0.05) is 5.56 Å². The van der Waals surface area contributed by atoms with E-state index in [1.807, 2.05) is 5.73 Å². The molecule has 4 nitrogen and oxygen atoms in total. The van der Waals surface area contributed by atoms with Crippen LogP contribution >= 0.6 is 0 Å². The molecule has 0 saturated carbocycles. The first-order valence-corrected chi connectivity index (χ1v) is 7.44. The maximum absolute atomic E-state index is 13.6. The van der Waals surface area contributed by atoms with Crippen molar-refractivity contribution in [2.24, 2.45) is 0 Å². The molecular formula is C19H18F3NO3. The Morgan fingerprint density at radius 2 is 1.92 bits per heavy atom. The van der Waals surface area contributed by atoms with Crippen molar-refractivity contribution in [3.05, 3.63) is 53.8 Å². The topological polar surface area (TPSA) is 46.6 Å². The number of ketones is 1. The molecule has 138 valence electrons. The number of rotatable bonds is 5. The molecule has 0 aliphatic rings. The fraction of sp³-hybridized carbons (Fsp3) is 0.316. The number of hydrogen-bond donors (Lipinski definition) is 0. The van der Waals surface area contributed by atoms with E-state index in [0.29, 0.717) is 22.1 Å². The first-order chi connectivity index (χ1) is 12.1. The molecule has 0 saturated heterocycles. The Kier molecular flexibility index (Phi) is 6.96. The fourth-order valence-corrected chi connectivity index (χ4v) is 2.30. The first-order valence-electron chi connectivity index (χ1n) is 7.44. The van der Waals surface area contributed by atoms with E-state index in [0.717, 1.165) is 14.2 Å². The summed E-state index contributed by atoms with van der Waals surface area (Å²) in [7, 11) is 1.89. The van der Waals surface area contributed by atoms with Crippen LogP contribution in [0.3, 0.4) is 0 Å². The number of likely N-dealkylation sites (N-methyl/N-ethyl adjacent to an activating group) is 1. The summed E-state index contributed by atoms with van der Waals surface area (Å²) in [5.41, 5.74) is -0.0349. The molecule has 0 aliphatic carbocycles. The fourth-order valence-electron chi connectivity index (χ4n) is 2.30. The SMILES string of the molecule is C=C=CC(C(=O)OC)(N(C)CC#CC(=O)c1ccccc1C)C(F)(F)F. The third-order valence-electron chi connectivity index (χ3n) is 3.75. The summed E-state index contributed by atoms with van der Waals surface area (Å²) in [5.74, 6) is 2.60. The Hall–Kier alpha value is -2.81. The monoisotopic (exact) mass is 365 g/mol. The largest absolute Gasteiger partial charge is 0.467 e. The van der Waals surface area contributed by atoms with Crippen LogP contribution in [-0.2, 0) is 9.53 Å². The Labute approximate surface area is 149 Å². The zero-order valence-electron chi connectivity index (χ0n) is 14.6. The number of halogens is 3. The predicted octanol–water partition coefficient (Wildman–Crippen LogP) is 2.93. The van der Waals surface area contributed by atoms with Crippen molar-refractivity contribution in [1.29, 1.82) is 0 Å². The van der Waals surface area contributed by atoms with E-state index >= 15 is 0 Å². The van der Waals surface area contributed by atoms with E-state index in [1.54, 1.807) is 31.2 Å². The van der Waals surface area contributed by atoms with E-state index in [9.17, 15) is 22.8 Å². The number of benzene rings is 1. The van der Waals surface area contributed by atoms with Crippen LogP contribution in [0, 0.1) is 18.8 Å². The minimum atomic E-state index is -5.00. The Balaban J connectivity index is 3.15. The lowest BCUT2D eigenvalue weighted by Crippen LogP contribution is -2.62. The van der Waals surface area contributed by atoms with Gasteiger partial charge in [0.05, 0.1) is 13.7 Å². The smallest absolute Gasteiger partial charge is 0.421 e. The third-order valence-corrected chi connectivity index (χ3v) is 3.75. The van der Waals surface area contributed by atoms with Crippen LogP contribution in [0.4, 0.5) is 13.2 Å². The van der Waals surface area contributed by atoms with Gasteiger partial charge in [-0.25, -0.2) is 4.79 Å². The van der Waals surface area contributed by atoms with Gasteiger partial charge < -0.3 is 4.74 Å². The van der Waals surface area contributed by atoms with Crippen molar-refractivity contribution < 1.29 is 27.5 Å². The second-order valence-corrected chi connectivity index (χ2v) is 5.41. The molecule has 26 heavy (non-hydrogen) atoms. The van der Waals surface area contributed by atoms with Crippen molar-refractivity contribution >= 4 is 11.8 Å². The van der Waals surface area contributed by atoms with Gasteiger partial charge in [0.1, 0.15) is 0 Å². The van der Waals surface area contributed by atoms with Crippen LogP contribution in [0.25, 0.3) is 0 Å². The highest BCUT2D eigenvalue weighted by atomic mass is 19.4. The molecule has 1 aromatic rings. The second-order valence-electron chi connectivity index (χ2n) is 5.41. The number of esters is 1. The number of methoxy groups -OCH3 is 1. The van der Waals surface area contributed by atoms with Gasteiger partial charge in [-0.1, -0.05) is 36.8 Å². The van der Waals surface area contributed by atoms with Crippen LogP contribution < -0.4 is 0 Å². The number of alkyl halides is 3. The normalized spacial score (nSPS) is 13.0. The molecule has 1 rings (SSSR count). The molecule has 0 spiro atoms. The van der Waals surface area contributed by atoms with Gasteiger partial charge in [0.25, 0.3) is 0 Å². The lowest BCUT2D eigenvalue weighted by Gasteiger charge is -2.36. The molecule has 0 aromatic heterocycles. The molecule has 0 heterocycles. The molecule has 1 atom stereocenters. The van der Waals surface area contributed by atoms with Crippen molar-refractivity contribution in [3.8, 4) is 11.8 Å². The Morgan fingerprint density at radius 3 is 2.42 bits per heavy atom. The molecule has 0 amide bonds. The van der Waals surface area contributed by atoms with Gasteiger partial charge in [-0.2, -0.15) is 13.2 Å². The van der Waals surface area contributed by atoms with Crippen LogP contribution in [0.15, 0.2) is 42.7 Å².